The van der Waals surface area contributed by atoms with E-state index in [0.29, 0.717) is 23.1 Å². The first-order valence-electron chi connectivity index (χ1n) is 12.3. The maximum absolute atomic E-state index is 12.3. The van der Waals surface area contributed by atoms with E-state index in [-0.39, 0.29) is 11.4 Å². The monoisotopic (exact) mass is 504 g/mol. The standard InChI is InChI=1S/C26H32N8O3/c1-26(2,3)22-32-33-25(37-22)31-24(35)30-21-7-4-6-19(16-21)8-9-20-17-28-23(29-18-20)27-10-5-11-34-12-14-36-15-13-34/h4,6-7,16-18H,5,10-15H2,1-3H3,(H,27,28,29)(H2,30,31,33,35). The second-order valence-corrected chi connectivity index (χ2v) is 9.60. The fourth-order valence-electron chi connectivity index (χ4n) is 3.47. The van der Waals surface area contributed by atoms with Gasteiger partial charge in [-0.05, 0) is 31.2 Å². The fourth-order valence-corrected chi connectivity index (χ4v) is 3.47. The van der Waals surface area contributed by atoms with Crippen LogP contribution >= 0.6 is 0 Å². The molecule has 0 atom stereocenters. The van der Waals surface area contributed by atoms with Gasteiger partial charge in [0.15, 0.2) is 0 Å². The number of carbonyl (C=O) groups is 1. The molecule has 37 heavy (non-hydrogen) atoms. The van der Waals surface area contributed by atoms with E-state index in [1.807, 2.05) is 32.9 Å². The summed E-state index contributed by atoms with van der Waals surface area (Å²) in [5.41, 5.74) is 1.70. The second-order valence-electron chi connectivity index (χ2n) is 9.60. The first-order chi connectivity index (χ1) is 17.8. The number of aromatic nitrogens is 4. The van der Waals surface area contributed by atoms with Crippen LogP contribution < -0.4 is 16.0 Å². The zero-order chi connectivity index (χ0) is 26.1. The van der Waals surface area contributed by atoms with E-state index in [9.17, 15) is 4.79 Å². The number of anilines is 3. The van der Waals surface area contributed by atoms with Gasteiger partial charge in [0.05, 0.1) is 18.8 Å². The van der Waals surface area contributed by atoms with Crippen molar-refractivity contribution in [3.63, 3.8) is 0 Å². The molecule has 0 spiro atoms. The Morgan fingerprint density at radius 2 is 1.81 bits per heavy atom. The van der Waals surface area contributed by atoms with Crippen LogP contribution in [0.1, 0.15) is 44.2 Å². The van der Waals surface area contributed by atoms with Crippen LogP contribution in [0.5, 0.6) is 0 Å². The summed E-state index contributed by atoms with van der Waals surface area (Å²) in [6.07, 6.45) is 4.40. The maximum atomic E-state index is 12.3. The average Bonchev–Trinajstić information content (AvgIpc) is 3.36. The molecule has 194 valence electrons. The molecule has 1 aromatic carbocycles. The molecule has 2 aromatic heterocycles. The Hall–Kier alpha value is -4.01. The van der Waals surface area contributed by atoms with Gasteiger partial charge in [0.2, 0.25) is 11.8 Å². The molecule has 3 aromatic rings. The van der Waals surface area contributed by atoms with Crippen LogP contribution in [-0.2, 0) is 10.2 Å². The molecule has 0 saturated carbocycles. The third kappa shape index (κ3) is 8.27. The zero-order valence-electron chi connectivity index (χ0n) is 21.4. The molecule has 1 aliphatic heterocycles. The Morgan fingerprint density at radius 3 is 2.54 bits per heavy atom. The summed E-state index contributed by atoms with van der Waals surface area (Å²) in [4.78, 5) is 23.4. The first-order valence-corrected chi connectivity index (χ1v) is 12.3. The molecule has 11 nitrogen and oxygen atoms in total. The minimum Gasteiger partial charge on any atom is -0.407 e. The van der Waals surface area contributed by atoms with Gasteiger partial charge in [0, 0.05) is 48.7 Å². The van der Waals surface area contributed by atoms with Crippen LogP contribution in [0.3, 0.4) is 0 Å². The lowest BCUT2D eigenvalue weighted by Crippen LogP contribution is -2.37. The molecule has 4 rings (SSSR count). The van der Waals surface area contributed by atoms with E-state index < -0.39 is 6.03 Å². The van der Waals surface area contributed by atoms with Crippen molar-refractivity contribution in [2.75, 3.05) is 55.3 Å². The highest BCUT2D eigenvalue weighted by atomic mass is 16.5. The van der Waals surface area contributed by atoms with Gasteiger partial charge < -0.3 is 19.8 Å². The summed E-state index contributed by atoms with van der Waals surface area (Å²) < 4.78 is 10.9. The summed E-state index contributed by atoms with van der Waals surface area (Å²) in [7, 11) is 0. The lowest BCUT2D eigenvalue weighted by Gasteiger charge is -2.26. The molecule has 1 aliphatic rings. The number of amides is 2. The van der Waals surface area contributed by atoms with Gasteiger partial charge in [0.1, 0.15) is 0 Å². The molecule has 2 amide bonds. The van der Waals surface area contributed by atoms with Gasteiger partial charge in [-0.1, -0.05) is 43.8 Å². The number of carbonyl (C=O) groups excluding carboxylic acids is 1. The molecule has 0 bridgehead atoms. The van der Waals surface area contributed by atoms with E-state index in [1.165, 1.54) is 0 Å². The molecule has 11 heteroatoms. The average molecular weight is 505 g/mol. The smallest absolute Gasteiger partial charge is 0.327 e. The molecular formula is C26H32N8O3. The van der Waals surface area contributed by atoms with Crippen molar-refractivity contribution in [1.82, 2.24) is 25.1 Å². The number of urea groups is 1. The van der Waals surface area contributed by atoms with E-state index in [0.717, 1.165) is 51.4 Å². The third-order valence-electron chi connectivity index (χ3n) is 5.45. The minimum absolute atomic E-state index is 0.0356. The highest BCUT2D eigenvalue weighted by molar-refractivity contribution is 5.98. The summed E-state index contributed by atoms with van der Waals surface area (Å²) in [5.74, 6) is 7.15. The van der Waals surface area contributed by atoms with Crippen LogP contribution in [0.2, 0.25) is 0 Å². The van der Waals surface area contributed by atoms with E-state index in [4.69, 9.17) is 9.15 Å². The predicted molar refractivity (Wildman–Crippen MR) is 140 cm³/mol. The largest absolute Gasteiger partial charge is 0.407 e. The molecule has 3 N–H and O–H groups in total. The molecule has 0 radical (unpaired) electrons. The summed E-state index contributed by atoms with van der Waals surface area (Å²) in [5, 5.41) is 16.3. The van der Waals surface area contributed by atoms with Crippen molar-refractivity contribution in [2.24, 2.45) is 0 Å². The van der Waals surface area contributed by atoms with Crippen LogP contribution in [0.25, 0.3) is 0 Å². The van der Waals surface area contributed by atoms with Crippen molar-refractivity contribution in [3.8, 4) is 11.8 Å². The number of hydrogen-bond donors (Lipinski definition) is 3. The topological polar surface area (TPSA) is 130 Å². The van der Waals surface area contributed by atoms with Gasteiger partial charge in [-0.15, -0.1) is 5.10 Å². The Bertz CT molecular complexity index is 1230. The first kappa shape index (κ1) is 26.1. The predicted octanol–water partition coefficient (Wildman–Crippen LogP) is 3.34. The fraction of sp³-hybridized carbons (Fsp3) is 0.423. The van der Waals surface area contributed by atoms with Crippen LogP contribution in [0, 0.1) is 11.8 Å². The van der Waals surface area contributed by atoms with Crippen LogP contribution in [0.4, 0.5) is 22.4 Å². The summed E-state index contributed by atoms with van der Waals surface area (Å²) in [6, 6.07) is 6.75. The summed E-state index contributed by atoms with van der Waals surface area (Å²) >= 11 is 0. The highest BCUT2D eigenvalue weighted by Gasteiger charge is 2.22. The third-order valence-corrected chi connectivity index (χ3v) is 5.45. The Labute approximate surface area is 216 Å². The van der Waals surface area contributed by atoms with E-state index in [2.05, 4.69) is 52.9 Å². The SMILES string of the molecule is CC(C)(C)c1nnc(NC(=O)Nc2cccc(C#Cc3cnc(NCCCN4CCOCC4)nc3)c2)o1. The van der Waals surface area contributed by atoms with Gasteiger partial charge in [0.25, 0.3) is 0 Å². The van der Waals surface area contributed by atoms with Crippen molar-refractivity contribution in [2.45, 2.75) is 32.6 Å². The number of nitrogens with zero attached hydrogens (tertiary/aromatic N) is 5. The minimum atomic E-state index is -0.490. The van der Waals surface area contributed by atoms with Crippen molar-refractivity contribution < 1.29 is 13.9 Å². The molecular weight excluding hydrogens is 472 g/mol. The highest BCUT2D eigenvalue weighted by Crippen LogP contribution is 2.22. The Morgan fingerprint density at radius 1 is 1.05 bits per heavy atom. The lowest BCUT2D eigenvalue weighted by molar-refractivity contribution is 0.0378. The molecule has 1 saturated heterocycles. The maximum Gasteiger partial charge on any atom is 0.327 e. The van der Waals surface area contributed by atoms with E-state index in [1.54, 1.807) is 24.5 Å². The quantitative estimate of drug-likeness (QED) is 0.328. The van der Waals surface area contributed by atoms with Gasteiger partial charge >= 0.3 is 12.0 Å². The van der Waals surface area contributed by atoms with Crippen LogP contribution in [0.15, 0.2) is 41.1 Å². The molecule has 1 fully saturated rings. The van der Waals surface area contributed by atoms with Crippen molar-refractivity contribution >= 4 is 23.7 Å². The number of rotatable bonds is 7. The van der Waals surface area contributed by atoms with Gasteiger partial charge in [-0.25, -0.2) is 14.8 Å². The Kier molecular flexibility index (Phi) is 8.66. The number of nitrogens with one attached hydrogen (secondary N) is 3. The zero-order valence-corrected chi connectivity index (χ0v) is 21.4. The number of ether oxygens (including phenoxy) is 1. The van der Waals surface area contributed by atoms with Gasteiger partial charge in [-0.3, -0.25) is 10.2 Å². The lowest BCUT2D eigenvalue weighted by atomic mass is 9.97. The van der Waals surface area contributed by atoms with E-state index >= 15 is 0 Å². The second kappa shape index (κ2) is 12.3. The molecule has 0 unspecified atom stereocenters. The number of hydrogen-bond acceptors (Lipinski definition) is 9. The number of benzene rings is 1. The summed E-state index contributed by atoms with van der Waals surface area (Å²) in [6.45, 7) is 11.3. The molecule has 3 heterocycles. The molecule has 0 aliphatic carbocycles. The number of morpholine rings is 1. The normalized spacial score (nSPS) is 13.9. The van der Waals surface area contributed by atoms with Crippen molar-refractivity contribution in [1.29, 1.82) is 0 Å². The van der Waals surface area contributed by atoms with Crippen molar-refractivity contribution in [3.05, 3.63) is 53.7 Å². The van der Waals surface area contributed by atoms with Gasteiger partial charge in [-0.2, -0.15) is 0 Å². The Balaban J connectivity index is 1.25. The van der Waals surface area contributed by atoms with Crippen LogP contribution in [-0.4, -0.2) is 70.5 Å².